The third-order valence-electron chi connectivity index (χ3n) is 5.13. The van der Waals surface area contributed by atoms with Crippen molar-refractivity contribution < 1.29 is 0 Å². The van der Waals surface area contributed by atoms with Crippen LogP contribution in [0.25, 0.3) is 10.9 Å². The molecular formula is C20H29N5S. The summed E-state index contributed by atoms with van der Waals surface area (Å²) in [6.45, 7) is 12.5. The minimum Gasteiger partial charge on any atom is -0.354 e. The number of anilines is 2. The highest BCUT2D eigenvalue weighted by atomic mass is 32.1. The summed E-state index contributed by atoms with van der Waals surface area (Å²) >= 11 is 5.52. The second-order valence-corrected chi connectivity index (χ2v) is 7.31. The van der Waals surface area contributed by atoms with Gasteiger partial charge in [0.2, 0.25) is 0 Å². The Balaban J connectivity index is 1.83. The molecule has 2 heterocycles. The number of benzene rings is 1. The van der Waals surface area contributed by atoms with E-state index in [4.69, 9.17) is 17.2 Å². The topological polar surface area (TPSA) is 34.6 Å². The first-order valence-electron chi connectivity index (χ1n) is 9.42. The number of nitrogens with one attached hydrogen (secondary N) is 1. The van der Waals surface area contributed by atoms with Crippen molar-refractivity contribution in [2.24, 2.45) is 0 Å². The van der Waals surface area contributed by atoms with E-state index in [0.29, 0.717) is 0 Å². The Kier molecular flexibility index (Phi) is 5.94. The minimum atomic E-state index is 0.772. The summed E-state index contributed by atoms with van der Waals surface area (Å²) in [7, 11) is 2.17. The average molecular weight is 372 g/mol. The summed E-state index contributed by atoms with van der Waals surface area (Å²) in [5, 5.41) is 5.31. The number of hydrogen-bond donors (Lipinski definition) is 1. The van der Waals surface area contributed by atoms with Gasteiger partial charge in [0.15, 0.2) is 5.11 Å². The molecule has 0 spiro atoms. The molecule has 1 N–H and O–H groups in total. The van der Waals surface area contributed by atoms with Gasteiger partial charge in [-0.25, -0.2) is 4.98 Å². The van der Waals surface area contributed by atoms with Crippen LogP contribution in [0.15, 0.2) is 24.3 Å². The largest absolute Gasteiger partial charge is 0.354 e. The zero-order valence-electron chi connectivity index (χ0n) is 16.2. The van der Waals surface area contributed by atoms with E-state index in [1.54, 1.807) is 0 Å². The van der Waals surface area contributed by atoms with Crippen LogP contribution < -0.4 is 10.2 Å². The van der Waals surface area contributed by atoms with Crippen LogP contribution in [-0.4, -0.2) is 66.2 Å². The van der Waals surface area contributed by atoms with E-state index >= 15 is 0 Å². The van der Waals surface area contributed by atoms with E-state index in [9.17, 15) is 0 Å². The van der Waals surface area contributed by atoms with E-state index in [2.05, 4.69) is 72.1 Å². The van der Waals surface area contributed by atoms with Crippen molar-refractivity contribution >= 4 is 39.7 Å². The third-order valence-corrected chi connectivity index (χ3v) is 5.49. The molecule has 1 saturated heterocycles. The van der Waals surface area contributed by atoms with Gasteiger partial charge >= 0.3 is 0 Å². The number of aromatic nitrogens is 1. The predicted molar refractivity (Wildman–Crippen MR) is 115 cm³/mol. The molecule has 6 heteroatoms. The molecule has 0 aliphatic carbocycles. The average Bonchev–Trinajstić information content (AvgIpc) is 2.63. The van der Waals surface area contributed by atoms with E-state index in [1.807, 2.05) is 0 Å². The highest BCUT2D eigenvalue weighted by molar-refractivity contribution is 7.80. The van der Waals surface area contributed by atoms with Gasteiger partial charge in [0.05, 0.1) is 5.52 Å². The molecule has 1 aromatic heterocycles. The molecule has 1 aliphatic heterocycles. The van der Waals surface area contributed by atoms with Gasteiger partial charge in [0.25, 0.3) is 0 Å². The van der Waals surface area contributed by atoms with E-state index in [0.717, 1.165) is 61.4 Å². The number of thiocarbonyl (C=S) groups is 1. The summed E-state index contributed by atoms with van der Waals surface area (Å²) in [6.07, 6.45) is 0. The summed E-state index contributed by atoms with van der Waals surface area (Å²) < 4.78 is 0. The maximum atomic E-state index is 5.52. The number of hydrogen-bond acceptors (Lipinski definition) is 4. The van der Waals surface area contributed by atoms with E-state index < -0.39 is 0 Å². The second-order valence-electron chi connectivity index (χ2n) is 6.92. The lowest BCUT2D eigenvalue weighted by Gasteiger charge is -2.33. The first kappa shape index (κ1) is 18.9. The highest BCUT2D eigenvalue weighted by Crippen LogP contribution is 2.26. The lowest BCUT2D eigenvalue weighted by molar-refractivity contribution is 0.312. The SMILES string of the molecule is CCN(CC)C(=S)Nc1ccc2nc(N3CCN(C)CC3)cc(C)c2c1. The molecule has 140 valence electrons. The van der Waals surface area contributed by atoms with Crippen LogP contribution in [0, 0.1) is 6.92 Å². The Morgan fingerprint density at radius 3 is 2.50 bits per heavy atom. The number of piperazine rings is 1. The van der Waals surface area contributed by atoms with Crippen LogP contribution in [0.1, 0.15) is 19.4 Å². The number of rotatable bonds is 4. The predicted octanol–water partition coefficient (Wildman–Crippen LogP) is 3.33. The van der Waals surface area contributed by atoms with Crippen molar-refractivity contribution in [3.05, 3.63) is 29.8 Å². The number of fused-ring (bicyclic) bond motifs is 1. The van der Waals surface area contributed by atoms with E-state index in [-0.39, 0.29) is 0 Å². The first-order valence-corrected chi connectivity index (χ1v) is 9.83. The lowest BCUT2D eigenvalue weighted by Crippen LogP contribution is -2.44. The van der Waals surface area contributed by atoms with Crippen molar-refractivity contribution in [1.82, 2.24) is 14.8 Å². The van der Waals surface area contributed by atoms with Crippen LogP contribution in [-0.2, 0) is 0 Å². The molecule has 1 fully saturated rings. The van der Waals surface area contributed by atoms with Gasteiger partial charge in [-0.3, -0.25) is 0 Å². The molecule has 0 radical (unpaired) electrons. The van der Waals surface area contributed by atoms with Crippen LogP contribution in [0.5, 0.6) is 0 Å². The summed E-state index contributed by atoms with van der Waals surface area (Å²) in [4.78, 5) is 11.8. The van der Waals surface area contributed by atoms with Crippen molar-refractivity contribution in [3.8, 4) is 0 Å². The Morgan fingerprint density at radius 2 is 1.85 bits per heavy atom. The summed E-state index contributed by atoms with van der Waals surface area (Å²) in [6, 6.07) is 8.52. The van der Waals surface area contributed by atoms with Crippen LogP contribution in [0.4, 0.5) is 11.5 Å². The summed E-state index contributed by atoms with van der Waals surface area (Å²) in [5.74, 6) is 1.09. The van der Waals surface area contributed by atoms with Gasteiger partial charge in [-0.2, -0.15) is 0 Å². The van der Waals surface area contributed by atoms with Crippen molar-refractivity contribution in [1.29, 1.82) is 0 Å². The molecule has 5 nitrogen and oxygen atoms in total. The van der Waals surface area contributed by atoms with Gasteiger partial charge in [0, 0.05) is 50.3 Å². The van der Waals surface area contributed by atoms with Crippen molar-refractivity contribution in [3.63, 3.8) is 0 Å². The second kappa shape index (κ2) is 8.18. The Morgan fingerprint density at radius 1 is 1.15 bits per heavy atom. The van der Waals surface area contributed by atoms with Crippen molar-refractivity contribution in [2.45, 2.75) is 20.8 Å². The molecule has 3 rings (SSSR count). The first-order chi connectivity index (χ1) is 12.5. The molecular weight excluding hydrogens is 342 g/mol. The number of pyridine rings is 1. The van der Waals surface area contributed by atoms with Gasteiger partial charge < -0.3 is 20.0 Å². The number of aryl methyl sites for hydroxylation is 1. The Bertz CT molecular complexity index is 779. The van der Waals surface area contributed by atoms with E-state index in [1.165, 1.54) is 10.9 Å². The normalized spacial score (nSPS) is 15.3. The molecule has 1 aromatic carbocycles. The van der Waals surface area contributed by atoms with Gasteiger partial charge in [-0.05, 0) is 69.9 Å². The Labute approximate surface area is 162 Å². The number of nitrogens with zero attached hydrogens (tertiary/aromatic N) is 4. The van der Waals surface area contributed by atoms with Gasteiger partial charge in [-0.1, -0.05) is 0 Å². The van der Waals surface area contributed by atoms with Crippen LogP contribution in [0.3, 0.4) is 0 Å². The molecule has 0 saturated carbocycles. The molecule has 0 atom stereocenters. The summed E-state index contributed by atoms with van der Waals surface area (Å²) in [5.41, 5.74) is 3.31. The third kappa shape index (κ3) is 4.07. The van der Waals surface area contributed by atoms with Crippen LogP contribution in [0.2, 0.25) is 0 Å². The monoisotopic (exact) mass is 371 g/mol. The fourth-order valence-electron chi connectivity index (χ4n) is 3.37. The molecule has 0 unspecified atom stereocenters. The number of likely N-dealkylation sites (N-methyl/N-ethyl adjacent to an activating group) is 1. The fourth-order valence-corrected chi connectivity index (χ4v) is 3.74. The zero-order valence-corrected chi connectivity index (χ0v) is 17.1. The molecule has 26 heavy (non-hydrogen) atoms. The van der Waals surface area contributed by atoms with Gasteiger partial charge in [-0.15, -0.1) is 0 Å². The smallest absolute Gasteiger partial charge is 0.173 e. The lowest BCUT2D eigenvalue weighted by atomic mass is 10.1. The molecule has 0 amide bonds. The Hall–Kier alpha value is -1.92. The maximum Gasteiger partial charge on any atom is 0.173 e. The fraction of sp³-hybridized carbons (Fsp3) is 0.500. The van der Waals surface area contributed by atoms with Crippen LogP contribution >= 0.6 is 12.2 Å². The van der Waals surface area contributed by atoms with Gasteiger partial charge in [0.1, 0.15) is 5.82 Å². The zero-order chi connectivity index (χ0) is 18.7. The standard InChI is InChI=1S/C20H29N5S/c1-5-24(6-2)20(26)21-16-7-8-18-17(14-16)15(3)13-19(22-18)25-11-9-23(4)10-12-25/h7-8,13-14H,5-6,9-12H2,1-4H3,(H,21,26). The van der Waals surface area contributed by atoms with Crippen molar-refractivity contribution in [2.75, 3.05) is 56.5 Å². The maximum absolute atomic E-state index is 5.52. The molecule has 2 aromatic rings. The quantitative estimate of drug-likeness (QED) is 0.831. The molecule has 1 aliphatic rings. The highest BCUT2D eigenvalue weighted by Gasteiger charge is 2.16. The minimum absolute atomic E-state index is 0.772. The molecule has 0 bridgehead atoms.